The second kappa shape index (κ2) is 5.80. The number of methoxy groups -OCH3 is 1. The summed E-state index contributed by atoms with van der Waals surface area (Å²) in [7, 11) is 1.63. The van der Waals surface area contributed by atoms with Gasteiger partial charge in [-0.1, -0.05) is 6.07 Å². The lowest BCUT2D eigenvalue weighted by atomic mass is 10.1. The normalized spacial score (nSPS) is 13.5. The maximum atomic E-state index is 11.7. The van der Waals surface area contributed by atoms with Crippen LogP contribution >= 0.6 is 0 Å². The fourth-order valence-corrected chi connectivity index (χ4v) is 1.87. The van der Waals surface area contributed by atoms with Gasteiger partial charge < -0.3 is 14.8 Å². The molecular formula is C13H17NO3. The van der Waals surface area contributed by atoms with E-state index in [0.717, 1.165) is 19.5 Å². The van der Waals surface area contributed by atoms with Crippen molar-refractivity contribution in [1.29, 1.82) is 0 Å². The van der Waals surface area contributed by atoms with Crippen molar-refractivity contribution < 1.29 is 14.3 Å². The van der Waals surface area contributed by atoms with Crippen molar-refractivity contribution >= 4 is 5.97 Å². The largest absolute Gasteiger partial charge is 0.462 e. The molecule has 1 aliphatic rings. The Bertz CT molecular complexity index is 404. The van der Waals surface area contributed by atoms with E-state index in [1.165, 1.54) is 11.1 Å². The van der Waals surface area contributed by atoms with Crippen LogP contribution in [0.1, 0.15) is 27.9 Å². The van der Waals surface area contributed by atoms with Crippen molar-refractivity contribution in [2.45, 2.75) is 19.5 Å². The Labute approximate surface area is 101 Å². The molecule has 0 bridgehead atoms. The third kappa shape index (κ3) is 3.05. The molecule has 2 rings (SSSR count). The van der Waals surface area contributed by atoms with E-state index in [9.17, 15) is 4.79 Å². The minimum atomic E-state index is -0.254. The van der Waals surface area contributed by atoms with E-state index in [4.69, 9.17) is 9.47 Å². The quantitative estimate of drug-likeness (QED) is 0.620. The zero-order chi connectivity index (χ0) is 12.1. The maximum absolute atomic E-state index is 11.7. The number of benzene rings is 1. The van der Waals surface area contributed by atoms with Gasteiger partial charge in [-0.05, 0) is 23.3 Å². The minimum Gasteiger partial charge on any atom is -0.462 e. The van der Waals surface area contributed by atoms with Crippen LogP contribution in [0.2, 0.25) is 0 Å². The van der Waals surface area contributed by atoms with Gasteiger partial charge >= 0.3 is 5.97 Å². The molecular weight excluding hydrogens is 218 g/mol. The molecule has 0 unspecified atom stereocenters. The Kier molecular flexibility index (Phi) is 4.12. The van der Waals surface area contributed by atoms with Crippen molar-refractivity contribution in [3.05, 3.63) is 34.9 Å². The Balaban J connectivity index is 1.91. The lowest BCUT2D eigenvalue weighted by molar-refractivity contribution is 0.0468. The molecule has 0 amide bonds. The van der Waals surface area contributed by atoms with Crippen LogP contribution in [0.4, 0.5) is 0 Å². The van der Waals surface area contributed by atoms with E-state index in [2.05, 4.69) is 5.32 Å². The van der Waals surface area contributed by atoms with Crippen LogP contribution in [0.3, 0.4) is 0 Å². The first-order chi connectivity index (χ1) is 8.31. The van der Waals surface area contributed by atoms with Crippen LogP contribution in [0.5, 0.6) is 0 Å². The Morgan fingerprint density at radius 1 is 1.29 bits per heavy atom. The molecule has 0 atom stereocenters. The Morgan fingerprint density at radius 2 is 2.12 bits per heavy atom. The van der Waals surface area contributed by atoms with E-state index in [1.807, 2.05) is 18.2 Å². The molecule has 0 radical (unpaired) electrons. The van der Waals surface area contributed by atoms with Gasteiger partial charge in [0.25, 0.3) is 0 Å². The molecule has 1 aliphatic heterocycles. The summed E-state index contributed by atoms with van der Waals surface area (Å²) in [6.07, 6.45) is 0.731. The summed E-state index contributed by atoms with van der Waals surface area (Å²) in [6, 6.07) is 5.72. The second-order valence-corrected chi connectivity index (χ2v) is 4.07. The molecule has 1 aromatic carbocycles. The molecule has 0 fully saturated rings. The summed E-state index contributed by atoms with van der Waals surface area (Å²) in [5.74, 6) is -0.254. The summed E-state index contributed by atoms with van der Waals surface area (Å²) in [6.45, 7) is 2.74. The first-order valence-electron chi connectivity index (χ1n) is 5.80. The molecule has 17 heavy (non-hydrogen) atoms. The predicted molar refractivity (Wildman–Crippen MR) is 63.8 cm³/mol. The van der Waals surface area contributed by atoms with Gasteiger partial charge in [0, 0.05) is 33.2 Å². The molecule has 0 saturated carbocycles. The zero-order valence-corrected chi connectivity index (χ0v) is 9.99. The first-order valence-corrected chi connectivity index (χ1v) is 5.80. The van der Waals surface area contributed by atoms with Crippen LogP contribution in [0, 0.1) is 0 Å². The highest BCUT2D eigenvalue weighted by Crippen LogP contribution is 2.17. The van der Waals surface area contributed by atoms with Gasteiger partial charge in [-0.3, -0.25) is 0 Å². The molecule has 1 aromatic rings. The Hall–Kier alpha value is -1.39. The molecule has 0 saturated heterocycles. The van der Waals surface area contributed by atoms with Crippen LogP contribution in [-0.4, -0.2) is 26.3 Å². The van der Waals surface area contributed by atoms with E-state index in [1.54, 1.807) is 7.11 Å². The summed E-state index contributed by atoms with van der Waals surface area (Å²) >= 11 is 0. The van der Waals surface area contributed by atoms with Gasteiger partial charge in [-0.2, -0.15) is 0 Å². The number of ether oxygens (including phenoxy) is 2. The van der Waals surface area contributed by atoms with E-state index >= 15 is 0 Å². The molecule has 0 aliphatic carbocycles. The van der Waals surface area contributed by atoms with Crippen molar-refractivity contribution in [1.82, 2.24) is 5.32 Å². The van der Waals surface area contributed by atoms with Crippen LogP contribution in [0.25, 0.3) is 0 Å². The highest BCUT2D eigenvalue weighted by Gasteiger charge is 2.13. The van der Waals surface area contributed by atoms with Crippen LogP contribution < -0.4 is 5.32 Å². The number of carbonyl (C=O) groups is 1. The fourth-order valence-electron chi connectivity index (χ4n) is 1.87. The summed E-state index contributed by atoms with van der Waals surface area (Å²) in [5.41, 5.74) is 3.09. The standard InChI is InChI=1S/C13H17NO3/c1-16-5-2-6-17-13(15)10-3-4-11-8-14-9-12(11)7-10/h3-4,7,14H,2,5-6,8-9H2,1H3. The third-order valence-corrected chi connectivity index (χ3v) is 2.80. The minimum absolute atomic E-state index is 0.254. The molecule has 4 nitrogen and oxygen atoms in total. The third-order valence-electron chi connectivity index (χ3n) is 2.80. The number of carbonyl (C=O) groups excluding carboxylic acids is 1. The van der Waals surface area contributed by atoms with Gasteiger partial charge in [-0.15, -0.1) is 0 Å². The highest BCUT2D eigenvalue weighted by atomic mass is 16.5. The van der Waals surface area contributed by atoms with Crippen LogP contribution in [0.15, 0.2) is 18.2 Å². The van der Waals surface area contributed by atoms with Gasteiger partial charge in [0.2, 0.25) is 0 Å². The van der Waals surface area contributed by atoms with Crippen molar-refractivity contribution in [2.75, 3.05) is 20.3 Å². The molecule has 0 spiro atoms. The number of hydrogen-bond acceptors (Lipinski definition) is 4. The van der Waals surface area contributed by atoms with Crippen molar-refractivity contribution in [2.24, 2.45) is 0 Å². The first kappa shape index (κ1) is 12.1. The summed E-state index contributed by atoms with van der Waals surface area (Å²) < 4.78 is 10.0. The lowest BCUT2D eigenvalue weighted by Gasteiger charge is -2.05. The number of rotatable bonds is 5. The van der Waals surface area contributed by atoms with Gasteiger partial charge in [0.05, 0.1) is 12.2 Å². The summed E-state index contributed by atoms with van der Waals surface area (Å²) in [5, 5.41) is 3.25. The van der Waals surface area contributed by atoms with Crippen molar-refractivity contribution in [3.63, 3.8) is 0 Å². The average molecular weight is 235 g/mol. The smallest absolute Gasteiger partial charge is 0.338 e. The average Bonchev–Trinajstić information content (AvgIpc) is 2.81. The highest BCUT2D eigenvalue weighted by molar-refractivity contribution is 5.89. The molecule has 92 valence electrons. The number of hydrogen-bond donors (Lipinski definition) is 1. The summed E-state index contributed by atoms with van der Waals surface area (Å²) in [4.78, 5) is 11.7. The zero-order valence-electron chi connectivity index (χ0n) is 9.99. The van der Waals surface area contributed by atoms with E-state index in [0.29, 0.717) is 18.8 Å². The fraction of sp³-hybridized carbons (Fsp3) is 0.462. The van der Waals surface area contributed by atoms with Gasteiger partial charge in [0.1, 0.15) is 0 Å². The topological polar surface area (TPSA) is 47.6 Å². The molecule has 4 heteroatoms. The van der Waals surface area contributed by atoms with Gasteiger partial charge in [0.15, 0.2) is 0 Å². The van der Waals surface area contributed by atoms with E-state index < -0.39 is 0 Å². The number of fused-ring (bicyclic) bond motifs is 1. The Morgan fingerprint density at radius 3 is 2.94 bits per heavy atom. The monoisotopic (exact) mass is 235 g/mol. The SMILES string of the molecule is COCCCOC(=O)c1ccc2c(c1)CNC2. The van der Waals surface area contributed by atoms with E-state index in [-0.39, 0.29) is 5.97 Å². The molecule has 0 aromatic heterocycles. The van der Waals surface area contributed by atoms with Gasteiger partial charge in [-0.25, -0.2) is 4.79 Å². The maximum Gasteiger partial charge on any atom is 0.338 e. The number of nitrogens with one attached hydrogen (secondary N) is 1. The van der Waals surface area contributed by atoms with Crippen LogP contribution in [-0.2, 0) is 22.6 Å². The molecule has 1 heterocycles. The predicted octanol–water partition coefficient (Wildman–Crippen LogP) is 1.48. The van der Waals surface area contributed by atoms with Crippen molar-refractivity contribution in [3.8, 4) is 0 Å². The lowest BCUT2D eigenvalue weighted by Crippen LogP contribution is -2.08. The second-order valence-electron chi connectivity index (χ2n) is 4.07. The number of esters is 1. The molecule has 1 N–H and O–H groups in total.